The van der Waals surface area contributed by atoms with Crippen LogP contribution in [-0.2, 0) is 13.6 Å². The quantitative estimate of drug-likeness (QED) is 0.142. The highest BCUT2D eigenvalue weighted by Gasteiger charge is 2.07. The SMILES string of the molecule is Cc1ccc(CN=C(NCCNc2ncnc3c2cnn3C)Nc2ccccc2)cc1.I. The molecule has 0 aliphatic carbocycles. The van der Waals surface area contributed by atoms with Gasteiger partial charge >= 0.3 is 0 Å². The molecule has 0 amide bonds. The van der Waals surface area contributed by atoms with Crippen molar-refractivity contribution in [3.8, 4) is 0 Å². The zero-order valence-electron chi connectivity index (χ0n) is 18.1. The standard InChI is InChI=1S/C23H26N8.HI/c1-17-8-10-18(11-9-17)14-26-23(30-19-6-4-3-5-7-19)25-13-12-24-21-20-15-29-31(2)22(20)28-16-27-21;/h3-11,15-16H,12-14H2,1-2H3,(H,24,27,28)(H2,25,26,30);1H. The third-order valence-electron chi connectivity index (χ3n) is 4.82. The van der Waals surface area contributed by atoms with Crippen LogP contribution in [0.2, 0.25) is 0 Å². The van der Waals surface area contributed by atoms with Gasteiger partial charge in [0.1, 0.15) is 12.1 Å². The van der Waals surface area contributed by atoms with Crippen LogP contribution in [0.15, 0.2) is 72.1 Å². The smallest absolute Gasteiger partial charge is 0.196 e. The molecule has 2 heterocycles. The number of fused-ring (bicyclic) bond motifs is 1. The van der Waals surface area contributed by atoms with E-state index in [4.69, 9.17) is 4.99 Å². The van der Waals surface area contributed by atoms with Crippen molar-refractivity contribution in [2.45, 2.75) is 13.5 Å². The van der Waals surface area contributed by atoms with Crippen molar-refractivity contribution in [3.05, 3.63) is 78.2 Å². The Labute approximate surface area is 204 Å². The van der Waals surface area contributed by atoms with Gasteiger partial charge in [0.25, 0.3) is 0 Å². The molecule has 0 aliphatic heterocycles. The second-order valence-corrected chi connectivity index (χ2v) is 7.22. The number of aliphatic imine (C=N–C) groups is 1. The van der Waals surface area contributed by atoms with E-state index in [1.807, 2.05) is 37.4 Å². The topological polar surface area (TPSA) is 92.1 Å². The first-order valence-electron chi connectivity index (χ1n) is 10.2. The lowest BCUT2D eigenvalue weighted by Crippen LogP contribution is -2.34. The first-order valence-corrected chi connectivity index (χ1v) is 10.2. The van der Waals surface area contributed by atoms with Gasteiger partial charge in [-0.15, -0.1) is 24.0 Å². The summed E-state index contributed by atoms with van der Waals surface area (Å²) in [5.41, 5.74) is 4.19. The van der Waals surface area contributed by atoms with Gasteiger partial charge in [-0.05, 0) is 24.6 Å². The molecule has 0 aliphatic rings. The first kappa shape index (κ1) is 23.5. The Kier molecular flexibility index (Phi) is 8.37. The molecule has 0 saturated heterocycles. The van der Waals surface area contributed by atoms with E-state index in [0.29, 0.717) is 19.6 Å². The summed E-state index contributed by atoms with van der Waals surface area (Å²) < 4.78 is 1.74. The Morgan fingerprint density at radius 3 is 2.56 bits per heavy atom. The Bertz CT molecular complexity index is 1160. The minimum Gasteiger partial charge on any atom is -0.368 e. The van der Waals surface area contributed by atoms with Crippen LogP contribution in [0.25, 0.3) is 11.0 Å². The molecule has 0 bridgehead atoms. The van der Waals surface area contributed by atoms with Crippen LogP contribution in [0, 0.1) is 6.92 Å². The van der Waals surface area contributed by atoms with Crippen LogP contribution in [0.3, 0.4) is 0 Å². The van der Waals surface area contributed by atoms with Gasteiger partial charge in [0, 0.05) is 25.8 Å². The summed E-state index contributed by atoms with van der Waals surface area (Å²) in [7, 11) is 1.87. The van der Waals surface area contributed by atoms with E-state index in [-0.39, 0.29) is 24.0 Å². The van der Waals surface area contributed by atoms with E-state index in [1.165, 1.54) is 5.56 Å². The van der Waals surface area contributed by atoms with Crippen molar-refractivity contribution in [1.82, 2.24) is 25.1 Å². The molecule has 0 atom stereocenters. The van der Waals surface area contributed by atoms with Crippen molar-refractivity contribution < 1.29 is 0 Å². The summed E-state index contributed by atoms with van der Waals surface area (Å²) in [4.78, 5) is 13.4. The third-order valence-corrected chi connectivity index (χ3v) is 4.82. The van der Waals surface area contributed by atoms with E-state index in [9.17, 15) is 0 Å². The Morgan fingerprint density at radius 2 is 1.78 bits per heavy atom. The minimum absolute atomic E-state index is 0. The highest BCUT2D eigenvalue weighted by Crippen LogP contribution is 2.17. The van der Waals surface area contributed by atoms with Gasteiger partial charge in [-0.1, -0.05) is 48.0 Å². The fourth-order valence-electron chi connectivity index (χ4n) is 3.13. The van der Waals surface area contributed by atoms with E-state index >= 15 is 0 Å². The number of rotatable bonds is 7. The Balaban J connectivity index is 0.00000289. The molecule has 2 aromatic carbocycles. The summed E-state index contributed by atoms with van der Waals surface area (Å²) in [6, 6.07) is 18.4. The van der Waals surface area contributed by atoms with Gasteiger partial charge in [-0.2, -0.15) is 5.10 Å². The highest BCUT2D eigenvalue weighted by atomic mass is 127. The predicted octanol–water partition coefficient (Wildman–Crippen LogP) is 3.96. The number of guanidine groups is 1. The predicted molar refractivity (Wildman–Crippen MR) is 141 cm³/mol. The third kappa shape index (κ3) is 6.16. The molecule has 4 rings (SSSR count). The maximum atomic E-state index is 4.74. The van der Waals surface area contributed by atoms with Crippen LogP contribution in [0.1, 0.15) is 11.1 Å². The van der Waals surface area contributed by atoms with Crippen molar-refractivity contribution in [1.29, 1.82) is 0 Å². The number of benzene rings is 2. The molecule has 0 spiro atoms. The second-order valence-electron chi connectivity index (χ2n) is 7.22. The van der Waals surface area contributed by atoms with E-state index in [0.717, 1.165) is 34.1 Å². The van der Waals surface area contributed by atoms with Crippen LogP contribution < -0.4 is 16.0 Å². The van der Waals surface area contributed by atoms with Crippen molar-refractivity contribution in [3.63, 3.8) is 0 Å². The van der Waals surface area contributed by atoms with Gasteiger partial charge < -0.3 is 16.0 Å². The van der Waals surface area contributed by atoms with Gasteiger partial charge in [-0.25, -0.2) is 15.0 Å². The lowest BCUT2D eigenvalue weighted by atomic mass is 10.1. The number of hydrogen-bond acceptors (Lipinski definition) is 5. The molecule has 0 unspecified atom stereocenters. The Morgan fingerprint density at radius 1 is 1.00 bits per heavy atom. The van der Waals surface area contributed by atoms with Crippen molar-refractivity contribution >= 4 is 52.5 Å². The molecule has 3 N–H and O–H groups in total. The number of nitrogens with zero attached hydrogens (tertiary/aromatic N) is 5. The van der Waals surface area contributed by atoms with Crippen LogP contribution in [-0.4, -0.2) is 38.8 Å². The van der Waals surface area contributed by atoms with E-state index in [2.05, 4.69) is 62.2 Å². The fourth-order valence-corrected chi connectivity index (χ4v) is 3.13. The molecule has 0 fully saturated rings. The number of aryl methyl sites for hydroxylation is 2. The average molecular weight is 542 g/mol. The summed E-state index contributed by atoms with van der Waals surface area (Å²) in [5, 5.41) is 15.3. The number of halogens is 1. The van der Waals surface area contributed by atoms with Gasteiger partial charge in [-0.3, -0.25) is 4.68 Å². The number of para-hydroxylation sites is 1. The number of hydrogen-bond donors (Lipinski definition) is 3. The summed E-state index contributed by atoms with van der Waals surface area (Å²) >= 11 is 0. The van der Waals surface area contributed by atoms with Gasteiger partial charge in [0.05, 0.1) is 18.1 Å². The molecule has 32 heavy (non-hydrogen) atoms. The van der Waals surface area contributed by atoms with E-state index < -0.39 is 0 Å². The molecular formula is C23H27IN8. The fraction of sp³-hybridized carbons (Fsp3) is 0.217. The van der Waals surface area contributed by atoms with Crippen molar-refractivity contribution in [2.75, 3.05) is 23.7 Å². The zero-order valence-corrected chi connectivity index (χ0v) is 20.4. The highest BCUT2D eigenvalue weighted by molar-refractivity contribution is 14.0. The molecule has 8 nitrogen and oxygen atoms in total. The van der Waals surface area contributed by atoms with Crippen molar-refractivity contribution in [2.24, 2.45) is 12.0 Å². The lowest BCUT2D eigenvalue weighted by Gasteiger charge is -2.13. The maximum absolute atomic E-state index is 4.74. The van der Waals surface area contributed by atoms with Gasteiger partial charge in [0.15, 0.2) is 11.6 Å². The largest absolute Gasteiger partial charge is 0.368 e. The molecule has 0 radical (unpaired) electrons. The molecule has 9 heteroatoms. The summed E-state index contributed by atoms with van der Waals surface area (Å²) in [5.74, 6) is 1.50. The molecular weight excluding hydrogens is 515 g/mol. The normalized spacial score (nSPS) is 11.1. The number of anilines is 2. The molecule has 0 saturated carbocycles. The monoisotopic (exact) mass is 542 g/mol. The average Bonchev–Trinajstić information content (AvgIpc) is 3.18. The molecule has 166 valence electrons. The molecule has 2 aromatic heterocycles. The van der Waals surface area contributed by atoms with E-state index in [1.54, 1.807) is 17.2 Å². The summed E-state index contributed by atoms with van der Waals surface area (Å²) in [6.45, 7) is 4.01. The van der Waals surface area contributed by atoms with Crippen LogP contribution >= 0.6 is 24.0 Å². The second kappa shape index (κ2) is 11.4. The molecule has 4 aromatic rings. The number of aromatic nitrogens is 4. The maximum Gasteiger partial charge on any atom is 0.196 e. The Hall–Kier alpha value is -3.21. The minimum atomic E-state index is 0. The number of nitrogens with one attached hydrogen (secondary N) is 3. The zero-order chi connectivity index (χ0) is 21.5. The summed E-state index contributed by atoms with van der Waals surface area (Å²) in [6.07, 6.45) is 3.32. The van der Waals surface area contributed by atoms with Crippen LogP contribution in [0.5, 0.6) is 0 Å². The first-order chi connectivity index (χ1) is 15.2. The lowest BCUT2D eigenvalue weighted by molar-refractivity contribution is 0.785. The van der Waals surface area contributed by atoms with Crippen LogP contribution in [0.4, 0.5) is 11.5 Å². The van der Waals surface area contributed by atoms with Gasteiger partial charge in [0.2, 0.25) is 0 Å².